The highest BCUT2D eigenvalue weighted by Crippen LogP contribution is 2.17. The molecule has 10 heteroatoms. The van der Waals surface area contributed by atoms with Crippen molar-refractivity contribution in [2.75, 3.05) is 25.1 Å². The number of ether oxygens (including phenoxy) is 2. The van der Waals surface area contributed by atoms with Gasteiger partial charge in [0, 0.05) is 24.4 Å². The van der Waals surface area contributed by atoms with E-state index in [1.807, 2.05) is 37.3 Å². The second-order valence-electron chi connectivity index (χ2n) is 10.1. The van der Waals surface area contributed by atoms with Gasteiger partial charge in [-0.3, -0.25) is 23.5 Å². The van der Waals surface area contributed by atoms with Crippen molar-refractivity contribution in [3.63, 3.8) is 0 Å². The molecule has 1 saturated heterocycles. The number of hydrogen-bond donors (Lipinski definition) is 2. The van der Waals surface area contributed by atoms with Gasteiger partial charge in [0.1, 0.15) is 12.3 Å². The molecule has 1 aromatic heterocycles. The van der Waals surface area contributed by atoms with Crippen molar-refractivity contribution in [2.24, 2.45) is 0 Å². The van der Waals surface area contributed by atoms with Crippen LogP contribution in [-0.2, 0) is 29.0 Å². The quantitative estimate of drug-likeness (QED) is 0.285. The molecule has 2 heterocycles. The molecule has 0 unspecified atom stereocenters. The second kappa shape index (κ2) is 13.3. The number of fused-ring (bicyclic) bond motifs is 1. The minimum atomic E-state index is -0.633. The fourth-order valence-corrected chi connectivity index (χ4v) is 5.08. The summed E-state index contributed by atoms with van der Waals surface area (Å²) in [6.07, 6.45) is 2.00. The Kier molecular flexibility index (Phi) is 9.13. The van der Waals surface area contributed by atoms with E-state index in [1.54, 1.807) is 30.3 Å². The number of nitrogens with zero attached hydrogens (tertiary/aromatic N) is 2. The van der Waals surface area contributed by atoms with Gasteiger partial charge in [0.05, 0.1) is 30.2 Å². The minimum absolute atomic E-state index is 0.0931. The first-order valence-corrected chi connectivity index (χ1v) is 14.2. The van der Waals surface area contributed by atoms with Crippen LogP contribution >= 0.6 is 0 Å². The van der Waals surface area contributed by atoms with Crippen molar-refractivity contribution in [1.29, 1.82) is 0 Å². The van der Waals surface area contributed by atoms with Crippen LogP contribution in [0, 0.1) is 0 Å². The van der Waals surface area contributed by atoms with Gasteiger partial charge in [-0.1, -0.05) is 30.3 Å². The van der Waals surface area contributed by atoms with Crippen molar-refractivity contribution in [1.82, 2.24) is 14.5 Å². The van der Waals surface area contributed by atoms with Gasteiger partial charge in [0.2, 0.25) is 5.91 Å². The smallest absolute Gasteiger partial charge is 0.332 e. The molecule has 0 spiro atoms. The predicted molar refractivity (Wildman–Crippen MR) is 160 cm³/mol. The van der Waals surface area contributed by atoms with Crippen molar-refractivity contribution >= 4 is 28.4 Å². The number of rotatable bonds is 11. The highest BCUT2D eigenvalue weighted by Gasteiger charge is 2.22. The summed E-state index contributed by atoms with van der Waals surface area (Å²) < 4.78 is 13.5. The lowest BCUT2D eigenvalue weighted by Crippen LogP contribution is -2.43. The standard InChI is InChI=1S/C32H34N4O6/c1-2-41-25-13-11-24(12-14-25)34-29(37)21-35-28-19-23(30(38)33-17-16-22-7-4-3-5-8-22)10-15-27(28)31(39)36(32(35)40)20-26-9-6-18-42-26/h3-5,7-8,10-15,19,26H,2,6,9,16-18,20-21H2,1H3,(H,33,38)(H,34,37)/t26-/m1/s1. The monoisotopic (exact) mass is 570 g/mol. The maximum Gasteiger partial charge on any atom is 0.332 e. The molecular weight excluding hydrogens is 536 g/mol. The van der Waals surface area contributed by atoms with Gasteiger partial charge in [-0.05, 0) is 74.2 Å². The van der Waals surface area contributed by atoms with Crippen LogP contribution in [0.4, 0.5) is 5.69 Å². The Balaban J connectivity index is 1.43. The average molecular weight is 571 g/mol. The normalized spacial score (nSPS) is 14.5. The van der Waals surface area contributed by atoms with Gasteiger partial charge in [-0.2, -0.15) is 0 Å². The molecule has 218 valence electrons. The summed E-state index contributed by atoms with van der Waals surface area (Å²) in [5.41, 5.74) is 1.01. The summed E-state index contributed by atoms with van der Waals surface area (Å²) in [5, 5.41) is 5.92. The number of benzene rings is 3. The molecule has 3 aromatic carbocycles. The predicted octanol–water partition coefficient (Wildman–Crippen LogP) is 3.35. The Bertz CT molecular complexity index is 1670. The maximum atomic E-state index is 13.7. The van der Waals surface area contributed by atoms with Gasteiger partial charge >= 0.3 is 5.69 Å². The Hall–Kier alpha value is -4.70. The van der Waals surface area contributed by atoms with E-state index in [9.17, 15) is 19.2 Å². The fraction of sp³-hybridized carbons (Fsp3) is 0.312. The summed E-state index contributed by atoms with van der Waals surface area (Å²) in [5.74, 6) is -0.120. The van der Waals surface area contributed by atoms with Gasteiger partial charge in [-0.15, -0.1) is 0 Å². The third-order valence-corrected chi connectivity index (χ3v) is 7.19. The van der Waals surface area contributed by atoms with E-state index < -0.39 is 17.2 Å². The van der Waals surface area contributed by atoms with E-state index >= 15 is 0 Å². The van der Waals surface area contributed by atoms with Crippen LogP contribution in [0.15, 0.2) is 82.4 Å². The third-order valence-electron chi connectivity index (χ3n) is 7.19. The van der Waals surface area contributed by atoms with Crippen LogP contribution in [0.5, 0.6) is 5.75 Å². The van der Waals surface area contributed by atoms with Crippen LogP contribution in [0.3, 0.4) is 0 Å². The van der Waals surface area contributed by atoms with Gasteiger partial charge in [0.25, 0.3) is 11.5 Å². The molecule has 1 aliphatic heterocycles. The Morgan fingerprint density at radius 3 is 2.50 bits per heavy atom. The number of anilines is 1. The summed E-state index contributed by atoms with van der Waals surface area (Å²) in [4.78, 5) is 53.3. The zero-order valence-corrected chi connectivity index (χ0v) is 23.5. The number of nitrogens with one attached hydrogen (secondary N) is 2. The molecule has 0 radical (unpaired) electrons. The highest BCUT2D eigenvalue weighted by atomic mass is 16.5. The van der Waals surface area contributed by atoms with Crippen molar-refractivity contribution in [3.05, 3.63) is 105 Å². The molecule has 2 amide bonds. The lowest BCUT2D eigenvalue weighted by atomic mass is 10.1. The zero-order valence-electron chi connectivity index (χ0n) is 23.5. The maximum absolute atomic E-state index is 13.7. The lowest BCUT2D eigenvalue weighted by Gasteiger charge is -2.17. The highest BCUT2D eigenvalue weighted by molar-refractivity contribution is 5.98. The van der Waals surface area contributed by atoms with Crippen molar-refractivity contribution in [2.45, 2.75) is 45.4 Å². The zero-order chi connectivity index (χ0) is 29.5. The second-order valence-corrected chi connectivity index (χ2v) is 10.1. The Labute approximate surface area is 242 Å². The number of carbonyl (C=O) groups is 2. The van der Waals surface area contributed by atoms with E-state index in [1.165, 1.54) is 16.7 Å². The summed E-state index contributed by atoms with van der Waals surface area (Å²) in [6, 6.07) is 21.3. The van der Waals surface area contributed by atoms with E-state index in [0.717, 1.165) is 23.0 Å². The first kappa shape index (κ1) is 28.8. The van der Waals surface area contributed by atoms with E-state index in [4.69, 9.17) is 9.47 Å². The van der Waals surface area contributed by atoms with Crippen LogP contribution in [-0.4, -0.2) is 46.8 Å². The van der Waals surface area contributed by atoms with Crippen LogP contribution < -0.4 is 26.6 Å². The molecule has 5 rings (SSSR count). The topological polar surface area (TPSA) is 121 Å². The number of carbonyl (C=O) groups excluding carboxylic acids is 2. The molecule has 42 heavy (non-hydrogen) atoms. The molecule has 0 saturated carbocycles. The number of amides is 2. The SMILES string of the molecule is CCOc1ccc(NC(=O)Cn2c(=O)n(C[C@H]3CCCO3)c(=O)c3ccc(C(=O)NCCc4ccccc4)cc32)cc1. The summed E-state index contributed by atoms with van der Waals surface area (Å²) >= 11 is 0. The van der Waals surface area contributed by atoms with Gasteiger partial charge in [-0.25, -0.2) is 4.79 Å². The first-order valence-electron chi connectivity index (χ1n) is 14.2. The van der Waals surface area contributed by atoms with Crippen LogP contribution in [0.1, 0.15) is 35.7 Å². The minimum Gasteiger partial charge on any atom is -0.494 e. The largest absolute Gasteiger partial charge is 0.494 e. The lowest BCUT2D eigenvalue weighted by molar-refractivity contribution is -0.116. The van der Waals surface area contributed by atoms with E-state index in [-0.39, 0.29) is 41.6 Å². The Morgan fingerprint density at radius 2 is 1.79 bits per heavy atom. The molecule has 0 aliphatic carbocycles. The fourth-order valence-electron chi connectivity index (χ4n) is 5.08. The molecule has 0 bridgehead atoms. The number of hydrogen-bond acceptors (Lipinski definition) is 6. The average Bonchev–Trinajstić information content (AvgIpc) is 3.52. The number of aromatic nitrogens is 2. The van der Waals surface area contributed by atoms with Crippen LogP contribution in [0.25, 0.3) is 10.9 Å². The third kappa shape index (κ3) is 6.77. The van der Waals surface area contributed by atoms with Crippen molar-refractivity contribution < 1.29 is 19.1 Å². The van der Waals surface area contributed by atoms with Crippen LogP contribution in [0.2, 0.25) is 0 Å². The molecule has 1 atom stereocenters. The molecule has 1 fully saturated rings. The van der Waals surface area contributed by atoms with E-state index in [0.29, 0.717) is 37.6 Å². The Morgan fingerprint density at radius 1 is 1.00 bits per heavy atom. The molecule has 10 nitrogen and oxygen atoms in total. The van der Waals surface area contributed by atoms with Gasteiger partial charge in [0.15, 0.2) is 0 Å². The molecular formula is C32H34N4O6. The molecule has 4 aromatic rings. The molecule has 2 N–H and O–H groups in total. The first-order chi connectivity index (χ1) is 20.4. The summed E-state index contributed by atoms with van der Waals surface area (Å²) in [7, 11) is 0. The van der Waals surface area contributed by atoms with Crippen molar-refractivity contribution in [3.8, 4) is 5.75 Å². The van der Waals surface area contributed by atoms with E-state index in [2.05, 4.69) is 10.6 Å². The summed E-state index contributed by atoms with van der Waals surface area (Å²) in [6.45, 7) is 3.14. The van der Waals surface area contributed by atoms with Gasteiger partial charge < -0.3 is 20.1 Å². The molecule has 1 aliphatic rings.